The van der Waals surface area contributed by atoms with E-state index in [2.05, 4.69) is 0 Å². The fraction of sp³-hybridized carbons (Fsp3) is 0.750. The molecule has 6 nitrogen and oxygen atoms in total. The third-order valence-electron chi connectivity index (χ3n) is 1.70. The highest BCUT2D eigenvalue weighted by atomic mass is 16.4. The number of aliphatic hydroxyl groups is 1. The summed E-state index contributed by atoms with van der Waals surface area (Å²) in [6.07, 6.45) is -0.0841. The Morgan fingerprint density at radius 3 is 1.64 bits per heavy atom. The third-order valence-corrected chi connectivity index (χ3v) is 1.70. The van der Waals surface area contributed by atoms with E-state index >= 15 is 0 Å². The maximum atomic E-state index is 10.2. The molecule has 0 unspecified atom stereocenters. The molecule has 6 heteroatoms. The van der Waals surface area contributed by atoms with E-state index < -0.39 is 11.9 Å². The Bertz CT molecular complexity index is 176. The Morgan fingerprint density at radius 2 is 1.36 bits per heavy atom. The van der Waals surface area contributed by atoms with Crippen LogP contribution in [0.25, 0.3) is 0 Å². The molecule has 0 aliphatic heterocycles. The third kappa shape index (κ3) is 7.51. The molecule has 0 bridgehead atoms. The standard InChI is InChI=1S/C8H15NO5/c10-6-5-9(3-1-7(11)12)4-2-8(13)14/h10H,1-6H2,(H,11,12)(H,13,14). The number of nitrogens with zero attached hydrogens (tertiary/aromatic N) is 1. The SMILES string of the molecule is O=C(O)CCN(CCO)CCC(=O)O. The van der Waals surface area contributed by atoms with Crippen molar-refractivity contribution in [3.05, 3.63) is 0 Å². The largest absolute Gasteiger partial charge is 0.481 e. The lowest BCUT2D eigenvalue weighted by Gasteiger charge is -2.18. The maximum Gasteiger partial charge on any atom is 0.304 e. The summed E-state index contributed by atoms with van der Waals surface area (Å²) in [7, 11) is 0. The van der Waals surface area contributed by atoms with Crippen LogP contribution >= 0.6 is 0 Å². The quantitative estimate of drug-likeness (QED) is 0.481. The summed E-state index contributed by atoms with van der Waals surface area (Å²) in [4.78, 5) is 22.1. The van der Waals surface area contributed by atoms with Gasteiger partial charge in [-0.3, -0.25) is 14.5 Å². The van der Waals surface area contributed by atoms with E-state index in [1.54, 1.807) is 4.90 Å². The molecule has 0 aromatic rings. The molecule has 0 heterocycles. The van der Waals surface area contributed by atoms with Gasteiger partial charge < -0.3 is 15.3 Å². The number of carbonyl (C=O) groups is 2. The van der Waals surface area contributed by atoms with Crippen LogP contribution < -0.4 is 0 Å². The van der Waals surface area contributed by atoms with Crippen LogP contribution in [-0.2, 0) is 9.59 Å². The van der Waals surface area contributed by atoms with Crippen molar-refractivity contribution >= 4 is 11.9 Å². The van der Waals surface area contributed by atoms with Crippen molar-refractivity contribution in [2.24, 2.45) is 0 Å². The van der Waals surface area contributed by atoms with Crippen LogP contribution in [0.1, 0.15) is 12.8 Å². The molecule has 14 heavy (non-hydrogen) atoms. The molecule has 0 radical (unpaired) electrons. The maximum absolute atomic E-state index is 10.2. The molecule has 0 atom stereocenters. The second kappa shape index (κ2) is 7.28. The van der Waals surface area contributed by atoms with Crippen LogP contribution in [0, 0.1) is 0 Å². The summed E-state index contributed by atoms with van der Waals surface area (Å²) >= 11 is 0. The highest BCUT2D eigenvalue weighted by molar-refractivity contribution is 5.67. The fourth-order valence-electron chi connectivity index (χ4n) is 0.984. The van der Waals surface area contributed by atoms with Crippen LogP contribution in [0.15, 0.2) is 0 Å². The zero-order valence-corrected chi connectivity index (χ0v) is 7.85. The summed E-state index contributed by atoms with van der Waals surface area (Å²) in [5, 5.41) is 25.4. The zero-order chi connectivity index (χ0) is 11.0. The van der Waals surface area contributed by atoms with Gasteiger partial charge in [0.1, 0.15) is 0 Å². The summed E-state index contributed by atoms with van der Waals surface area (Å²) in [5.41, 5.74) is 0. The molecule has 0 amide bonds. The van der Waals surface area contributed by atoms with Gasteiger partial charge in [0.05, 0.1) is 19.4 Å². The van der Waals surface area contributed by atoms with Gasteiger partial charge in [-0.2, -0.15) is 0 Å². The lowest BCUT2D eigenvalue weighted by atomic mass is 10.3. The average molecular weight is 205 g/mol. The molecule has 0 aromatic carbocycles. The minimum Gasteiger partial charge on any atom is -0.481 e. The van der Waals surface area contributed by atoms with Crippen molar-refractivity contribution in [3.8, 4) is 0 Å². The molecule has 0 fully saturated rings. The van der Waals surface area contributed by atoms with Gasteiger partial charge in [0.25, 0.3) is 0 Å². The highest BCUT2D eigenvalue weighted by Crippen LogP contribution is 1.94. The first kappa shape index (κ1) is 12.9. The fourth-order valence-corrected chi connectivity index (χ4v) is 0.984. The minimum absolute atomic E-state index is 0.0420. The molecule has 82 valence electrons. The first-order chi connectivity index (χ1) is 6.56. The van der Waals surface area contributed by atoms with Crippen molar-refractivity contribution in [2.45, 2.75) is 12.8 Å². The van der Waals surface area contributed by atoms with Crippen molar-refractivity contribution < 1.29 is 24.9 Å². The number of carboxylic acid groups (broad SMARTS) is 2. The van der Waals surface area contributed by atoms with Crippen LogP contribution in [0.4, 0.5) is 0 Å². The van der Waals surface area contributed by atoms with Gasteiger partial charge in [-0.05, 0) is 0 Å². The van der Waals surface area contributed by atoms with E-state index in [1.807, 2.05) is 0 Å². The van der Waals surface area contributed by atoms with Gasteiger partial charge >= 0.3 is 11.9 Å². The molecule has 3 N–H and O–H groups in total. The topological polar surface area (TPSA) is 98.1 Å². The molecule has 0 aliphatic rings. The molecular weight excluding hydrogens is 190 g/mol. The van der Waals surface area contributed by atoms with Gasteiger partial charge in [-0.15, -0.1) is 0 Å². The molecule has 0 aromatic heterocycles. The predicted molar refractivity (Wildman–Crippen MR) is 48.0 cm³/mol. The van der Waals surface area contributed by atoms with Gasteiger partial charge in [0, 0.05) is 19.6 Å². The number of aliphatic carboxylic acids is 2. The Morgan fingerprint density at radius 1 is 0.929 bits per heavy atom. The van der Waals surface area contributed by atoms with E-state index in [-0.39, 0.29) is 32.5 Å². The Balaban J connectivity index is 3.76. The van der Waals surface area contributed by atoms with Crippen molar-refractivity contribution in [1.82, 2.24) is 4.90 Å². The number of rotatable bonds is 8. The Hall–Kier alpha value is -1.14. The monoisotopic (exact) mass is 205 g/mol. The van der Waals surface area contributed by atoms with Crippen molar-refractivity contribution in [3.63, 3.8) is 0 Å². The van der Waals surface area contributed by atoms with Gasteiger partial charge in [0.15, 0.2) is 0 Å². The summed E-state index contributed by atoms with van der Waals surface area (Å²) < 4.78 is 0. The molecule has 0 saturated carbocycles. The lowest BCUT2D eigenvalue weighted by Crippen LogP contribution is -2.31. The van der Waals surface area contributed by atoms with Crippen LogP contribution in [-0.4, -0.2) is 58.4 Å². The van der Waals surface area contributed by atoms with Gasteiger partial charge in [0.2, 0.25) is 0 Å². The predicted octanol–water partition coefficient (Wildman–Crippen LogP) is -0.770. The van der Waals surface area contributed by atoms with E-state index in [0.29, 0.717) is 6.54 Å². The molecule has 0 spiro atoms. The van der Waals surface area contributed by atoms with E-state index in [1.165, 1.54) is 0 Å². The van der Waals surface area contributed by atoms with Gasteiger partial charge in [-0.25, -0.2) is 0 Å². The molecular formula is C8H15NO5. The van der Waals surface area contributed by atoms with Crippen LogP contribution in [0.5, 0.6) is 0 Å². The zero-order valence-electron chi connectivity index (χ0n) is 7.85. The van der Waals surface area contributed by atoms with E-state index in [9.17, 15) is 9.59 Å². The summed E-state index contributed by atoms with van der Waals surface area (Å²) in [5.74, 6) is -1.86. The number of hydrogen-bond donors (Lipinski definition) is 3. The first-order valence-electron chi connectivity index (χ1n) is 4.33. The molecule has 0 aliphatic carbocycles. The van der Waals surface area contributed by atoms with Crippen LogP contribution in [0.2, 0.25) is 0 Å². The Labute approximate surface area is 81.8 Å². The van der Waals surface area contributed by atoms with Crippen LogP contribution in [0.3, 0.4) is 0 Å². The number of aliphatic hydroxyl groups excluding tert-OH is 1. The van der Waals surface area contributed by atoms with Crippen molar-refractivity contribution in [2.75, 3.05) is 26.2 Å². The average Bonchev–Trinajstić information content (AvgIpc) is 2.09. The van der Waals surface area contributed by atoms with Crippen molar-refractivity contribution in [1.29, 1.82) is 0 Å². The molecule has 0 rings (SSSR count). The first-order valence-corrected chi connectivity index (χ1v) is 4.33. The number of carboxylic acids is 2. The lowest BCUT2D eigenvalue weighted by molar-refractivity contribution is -0.137. The summed E-state index contributed by atoms with van der Waals surface area (Å²) in [6.45, 7) is 0.742. The normalized spacial score (nSPS) is 10.4. The van der Waals surface area contributed by atoms with E-state index in [4.69, 9.17) is 15.3 Å². The second-order valence-corrected chi connectivity index (χ2v) is 2.85. The van der Waals surface area contributed by atoms with E-state index in [0.717, 1.165) is 0 Å². The molecule has 0 saturated heterocycles. The number of hydrogen-bond acceptors (Lipinski definition) is 4. The summed E-state index contributed by atoms with van der Waals surface area (Å²) in [6, 6.07) is 0. The second-order valence-electron chi connectivity index (χ2n) is 2.85. The highest BCUT2D eigenvalue weighted by Gasteiger charge is 2.08. The smallest absolute Gasteiger partial charge is 0.304 e. The minimum atomic E-state index is -0.928. The Kier molecular flexibility index (Phi) is 6.69. The van der Waals surface area contributed by atoms with Gasteiger partial charge in [-0.1, -0.05) is 0 Å².